The molecule has 0 saturated carbocycles. The molecule has 0 atom stereocenters. The molecule has 1 aromatic carbocycles. The maximum Gasteiger partial charge on any atom is 0.337 e. The van der Waals surface area contributed by atoms with Gasteiger partial charge in [0.2, 0.25) is 0 Å². The zero-order valence-corrected chi connectivity index (χ0v) is 10.0. The Balaban J connectivity index is 2.73. The van der Waals surface area contributed by atoms with Crippen LogP contribution in [-0.2, 0) is 4.74 Å². The van der Waals surface area contributed by atoms with Crippen LogP contribution in [0.15, 0.2) is 24.3 Å². The minimum atomic E-state index is -0.324. The minimum Gasteiger partial charge on any atom is -0.465 e. The molecule has 2 nitrogen and oxygen atoms in total. The zero-order chi connectivity index (χ0) is 11.1. The Morgan fingerprint density at radius 3 is 2.60 bits per heavy atom. The number of carbonyl (C=O) groups excluding carboxylic acids is 1. The van der Waals surface area contributed by atoms with Gasteiger partial charge in [-0.15, -0.1) is 0 Å². The highest BCUT2D eigenvalue weighted by Gasteiger charge is 2.02. The average molecular weight is 267 g/mol. The first-order valence-corrected chi connectivity index (χ1v) is 5.63. The third kappa shape index (κ3) is 3.77. The van der Waals surface area contributed by atoms with Crippen LogP contribution in [0.4, 0.5) is 0 Å². The van der Waals surface area contributed by atoms with Gasteiger partial charge in [-0.05, 0) is 24.3 Å². The molecule has 1 aromatic rings. The third-order valence-electron chi connectivity index (χ3n) is 1.76. The standard InChI is InChI=1S/C12H11BrO2/c1-15-12(14)11-7-5-10(6-8-11)4-2-3-9-13/h5-8H,3,9H2,1H3. The highest BCUT2D eigenvalue weighted by atomic mass is 79.9. The SMILES string of the molecule is COC(=O)c1ccc(C#CCCBr)cc1. The van der Waals surface area contributed by atoms with Gasteiger partial charge in [0.25, 0.3) is 0 Å². The van der Waals surface area contributed by atoms with E-state index in [1.807, 2.05) is 12.1 Å². The minimum absolute atomic E-state index is 0.324. The molecular formula is C12H11BrO2. The van der Waals surface area contributed by atoms with E-state index in [9.17, 15) is 4.79 Å². The molecule has 0 aliphatic heterocycles. The van der Waals surface area contributed by atoms with Crippen molar-refractivity contribution in [3.63, 3.8) is 0 Å². The second kappa shape index (κ2) is 6.26. The molecule has 15 heavy (non-hydrogen) atoms. The first kappa shape index (κ1) is 11.8. The molecule has 0 amide bonds. The van der Waals surface area contributed by atoms with E-state index >= 15 is 0 Å². The summed E-state index contributed by atoms with van der Waals surface area (Å²) < 4.78 is 4.59. The number of hydrogen-bond acceptors (Lipinski definition) is 2. The summed E-state index contributed by atoms with van der Waals surface area (Å²) in [7, 11) is 1.37. The van der Waals surface area contributed by atoms with Crippen LogP contribution >= 0.6 is 15.9 Å². The molecule has 0 aromatic heterocycles. The molecule has 0 spiro atoms. The van der Waals surface area contributed by atoms with Crippen LogP contribution in [-0.4, -0.2) is 18.4 Å². The summed E-state index contributed by atoms with van der Waals surface area (Å²) in [6.45, 7) is 0. The lowest BCUT2D eigenvalue weighted by atomic mass is 10.1. The topological polar surface area (TPSA) is 26.3 Å². The summed E-state index contributed by atoms with van der Waals surface area (Å²) in [5.41, 5.74) is 1.45. The molecule has 3 heteroatoms. The maximum atomic E-state index is 11.1. The Hall–Kier alpha value is -1.27. The summed E-state index contributed by atoms with van der Waals surface area (Å²) in [4.78, 5) is 11.1. The molecule has 0 radical (unpaired) electrons. The van der Waals surface area contributed by atoms with Gasteiger partial charge in [-0.25, -0.2) is 4.79 Å². The van der Waals surface area contributed by atoms with E-state index in [2.05, 4.69) is 32.5 Å². The van der Waals surface area contributed by atoms with Gasteiger partial charge in [0.15, 0.2) is 0 Å². The lowest BCUT2D eigenvalue weighted by Crippen LogP contribution is -2.00. The Bertz CT molecular complexity index is 384. The number of methoxy groups -OCH3 is 1. The quantitative estimate of drug-likeness (QED) is 0.467. The van der Waals surface area contributed by atoms with Crippen LogP contribution in [0, 0.1) is 11.8 Å². The van der Waals surface area contributed by atoms with E-state index in [1.54, 1.807) is 12.1 Å². The lowest BCUT2D eigenvalue weighted by molar-refractivity contribution is 0.0601. The van der Waals surface area contributed by atoms with Crippen LogP contribution in [0.5, 0.6) is 0 Å². The van der Waals surface area contributed by atoms with Crippen molar-refractivity contribution in [2.75, 3.05) is 12.4 Å². The average Bonchev–Trinajstić information content (AvgIpc) is 2.29. The van der Waals surface area contributed by atoms with Gasteiger partial charge < -0.3 is 4.74 Å². The summed E-state index contributed by atoms with van der Waals surface area (Å²) in [6.07, 6.45) is 0.818. The predicted molar refractivity (Wildman–Crippen MR) is 63.1 cm³/mol. The van der Waals surface area contributed by atoms with Gasteiger partial charge in [0.1, 0.15) is 0 Å². The van der Waals surface area contributed by atoms with Gasteiger partial charge in [0, 0.05) is 17.3 Å². The van der Waals surface area contributed by atoms with Gasteiger partial charge in [-0.2, -0.15) is 0 Å². The maximum absolute atomic E-state index is 11.1. The van der Waals surface area contributed by atoms with Crippen molar-refractivity contribution in [3.8, 4) is 11.8 Å². The summed E-state index contributed by atoms with van der Waals surface area (Å²) >= 11 is 3.30. The highest BCUT2D eigenvalue weighted by Crippen LogP contribution is 2.04. The fraction of sp³-hybridized carbons (Fsp3) is 0.250. The number of rotatable bonds is 2. The van der Waals surface area contributed by atoms with Gasteiger partial charge >= 0.3 is 5.97 Å². The lowest BCUT2D eigenvalue weighted by Gasteiger charge is -1.97. The largest absolute Gasteiger partial charge is 0.465 e. The van der Waals surface area contributed by atoms with Crippen LogP contribution in [0.3, 0.4) is 0 Å². The smallest absolute Gasteiger partial charge is 0.337 e. The molecule has 0 unspecified atom stereocenters. The highest BCUT2D eigenvalue weighted by molar-refractivity contribution is 9.09. The predicted octanol–water partition coefficient (Wildman–Crippen LogP) is 2.61. The molecule has 0 fully saturated rings. The van der Waals surface area contributed by atoms with Crippen LogP contribution < -0.4 is 0 Å². The van der Waals surface area contributed by atoms with Crippen LogP contribution in [0.1, 0.15) is 22.3 Å². The Morgan fingerprint density at radius 2 is 2.07 bits per heavy atom. The summed E-state index contributed by atoms with van der Waals surface area (Å²) in [5, 5.41) is 0.875. The number of alkyl halides is 1. The van der Waals surface area contributed by atoms with Crippen molar-refractivity contribution in [2.24, 2.45) is 0 Å². The number of esters is 1. The fourth-order valence-electron chi connectivity index (χ4n) is 1.02. The molecule has 0 N–H and O–H groups in total. The second-order valence-electron chi connectivity index (χ2n) is 2.81. The van der Waals surface area contributed by atoms with Crippen molar-refractivity contribution in [3.05, 3.63) is 35.4 Å². The van der Waals surface area contributed by atoms with Crippen LogP contribution in [0.2, 0.25) is 0 Å². The van der Waals surface area contributed by atoms with E-state index in [1.165, 1.54) is 7.11 Å². The van der Waals surface area contributed by atoms with Crippen LogP contribution in [0.25, 0.3) is 0 Å². The molecular weight excluding hydrogens is 256 g/mol. The zero-order valence-electron chi connectivity index (χ0n) is 8.42. The van der Waals surface area contributed by atoms with Crippen molar-refractivity contribution < 1.29 is 9.53 Å². The fourth-order valence-corrected chi connectivity index (χ4v) is 1.22. The second-order valence-corrected chi connectivity index (χ2v) is 3.60. The molecule has 0 saturated heterocycles. The van der Waals surface area contributed by atoms with Crippen molar-refractivity contribution >= 4 is 21.9 Å². The van der Waals surface area contributed by atoms with E-state index in [-0.39, 0.29) is 5.97 Å². The van der Waals surface area contributed by atoms with Gasteiger partial charge in [-0.3, -0.25) is 0 Å². The molecule has 0 aliphatic carbocycles. The van der Waals surface area contributed by atoms with Crippen molar-refractivity contribution in [2.45, 2.75) is 6.42 Å². The summed E-state index contributed by atoms with van der Waals surface area (Å²) in [6, 6.07) is 7.05. The van der Waals surface area contributed by atoms with Gasteiger partial charge in [0.05, 0.1) is 12.7 Å². The number of ether oxygens (including phenoxy) is 1. The number of halogens is 1. The van der Waals surface area contributed by atoms with E-state index in [0.717, 1.165) is 17.3 Å². The van der Waals surface area contributed by atoms with Gasteiger partial charge in [-0.1, -0.05) is 27.8 Å². The van der Waals surface area contributed by atoms with E-state index in [0.29, 0.717) is 5.56 Å². The third-order valence-corrected chi connectivity index (χ3v) is 2.15. The first-order valence-electron chi connectivity index (χ1n) is 4.51. The molecule has 78 valence electrons. The Labute approximate surface area is 97.8 Å². The first-order chi connectivity index (χ1) is 7.27. The van der Waals surface area contributed by atoms with Crippen molar-refractivity contribution in [1.29, 1.82) is 0 Å². The molecule has 0 aliphatic rings. The van der Waals surface area contributed by atoms with E-state index in [4.69, 9.17) is 0 Å². The number of hydrogen-bond donors (Lipinski definition) is 0. The molecule has 0 heterocycles. The number of benzene rings is 1. The summed E-state index contributed by atoms with van der Waals surface area (Å²) in [5.74, 6) is 5.67. The Morgan fingerprint density at radius 1 is 1.40 bits per heavy atom. The normalized spacial score (nSPS) is 8.93. The molecule has 1 rings (SSSR count). The molecule has 0 bridgehead atoms. The number of carbonyl (C=O) groups is 1. The Kier molecular flexibility index (Phi) is 4.92. The van der Waals surface area contributed by atoms with E-state index < -0.39 is 0 Å². The van der Waals surface area contributed by atoms with Crippen molar-refractivity contribution in [1.82, 2.24) is 0 Å². The monoisotopic (exact) mass is 266 g/mol.